The highest BCUT2D eigenvalue weighted by atomic mass is 32.1. The summed E-state index contributed by atoms with van der Waals surface area (Å²) in [7, 11) is 0. The molecule has 0 spiro atoms. The Morgan fingerprint density at radius 1 is 0.316 bits per heavy atom. The van der Waals surface area contributed by atoms with Gasteiger partial charge < -0.3 is 142 Å². The van der Waals surface area contributed by atoms with Crippen LogP contribution in [0.5, 0.6) is 0 Å². The molecule has 44 N–H and O–H groups in total. The van der Waals surface area contributed by atoms with Gasteiger partial charge in [0.25, 0.3) is 0 Å². The van der Waals surface area contributed by atoms with Gasteiger partial charge in [-0.3, -0.25) is 121 Å². The number of guanidine groups is 9. The van der Waals surface area contributed by atoms with Crippen molar-refractivity contribution in [3.05, 3.63) is 35.4 Å². The summed E-state index contributed by atoms with van der Waals surface area (Å²) in [6.45, 7) is 3.96. The van der Waals surface area contributed by atoms with Crippen LogP contribution in [0.2, 0.25) is 0 Å². The second kappa shape index (κ2) is 68.6. The van der Waals surface area contributed by atoms with Crippen molar-refractivity contribution in [1.82, 2.24) is 79.8 Å². The third-order valence-corrected chi connectivity index (χ3v) is 22.0. The number of Topliss-reactive ketones (excluding diaryl/α,β-unsaturated/α-hetero) is 8. The summed E-state index contributed by atoms with van der Waals surface area (Å²) in [4.78, 5) is 212. The molecule has 0 bridgehead atoms. The molecule has 0 aliphatic carbocycles. The van der Waals surface area contributed by atoms with E-state index >= 15 is 24.0 Å². The number of thiol groups is 1. The molecule has 0 aromatic heterocycles. The number of ketones is 8. The number of ether oxygens (including phenoxy) is 1. The van der Waals surface area contributed by atoms with E-state index in [1.54, 1.807) is 38.1 Å². The fourth-order valence-electron chi connectivity index (χ4n) is 14.3. The molecule has 0 saturated heterocycles. The van der Waals surface area contributed by atoms with Crippen molar-refractivity contribution in [2.45, 2.75) is 224 Å². The second-order valence-corrected chi connectivity index (χ2v) is 33.9. The maximum absolute atomic E-state index is 15.3. The molecule has 1 aromatic rings. The molecule has 0 radical (unpaired) electrons. The minimum Gasteiger partial charge on any atom is -0.374 e. The van der Waals surface area contributed by atoms with Crippen LogP contribution in [0.1, 0.15) is 204 Å². The van der Waals surface area contributed by atoms with Crippen LogP contribution in [-0.4, -0.2) is 256 Å². The zero-order valence-electron chi connectivity index (χ0n) is 78.3. The van der Waals surface area contributed by atoms with Crippen molar-refractivity contribution >= 4 is 154 Å². The van der Waals surface area contributed by atoms with Gasteiger partial charge in [-0.1, -0.05) is 38.1 Å². The molecule has 0 saturated carbocycles. The van der Waals surface area contributed by atoms with Crippen molar-refractivity contribution in [1.29, 1.82) is 48.7 Å². The maximum Gasteiger partial charge on any atom is 0.224 e. The Morgan fingerprint density at radius 2 is 0.574 bits per heavy atom. The van der Waals surface area contributed by atoms with Gasteiger partial charge in [-0.2, -0.15) is 12.6 Å². The molecule has 1 rings (SSSR count). The van der Waals surface area contributed by atoms with Crippen LogP contribution in [0.15, 0.2) is 24.3 Å². The number of amides is 7. The summed E-state index contributed by atoms with van der Waals surface area (Å²) in [5.41, 5.74) is 57.2. The summed E-state index contributed by atoms with van der Waals surface area (Å²) >= 11 is 4.36. The Balaban J connectivity index is 4.04. The van der Waals surface area contributed by atoms with Crippen molar-refractivity contribution < 1.29 is 76.7 Å². The smallest absolute Gasteiger partial charge is 0.224 e. The summed E-state index contributed by atoms with van der Waals surface area (Å²) in [5.74, 6) is -21.4. The number of hydrogen-bond acceptors (Lipinski definition) is 26. The van der Waals surface area contributed by atoms with E-state index in [0.717, 1.165) is 0 Å². The van der Waals surface area contributed by atoms with Gasteiger partial charge in [-0.15, -0.1) is 0 Å². The average molecular weight is 1940 g/mol. The number of benzene rings is 1. The predicted molar refractivity (Wildman–Crippen MR) is 517 cm³/mol. The fraction of sp³-hybridized carbons (Fsp3) is 0.647. The highest BCUT2D eigenvalue weighted by Gasteiger charge is 2.38. The van der Waals surface area contributed by atoms with Gasteiger partial charge in [0.05, 0.1) is 36.8 Å². The van der Waals surface area contributed by atoms with Gasteiger partial charge in [0, 0.05) is 163 Å². The highest BCUT2D eigenvalue weighted by molar-refractivity contribution is 7.80. The van der Waals surface area contributed by atoms with Gasteiger partial charge in [0.2, 0.25) is 41.4 Å². The topological polar surface area (TPSA) is 921 Å². The van der Waals surface area contributed by atoms with Crippen LogP contribution in [-0.2, 0) is 78.3 Å². The molecule has 11 atom stereocenters. The third kappa shape index (κ3) is 56.6. The lowest BCUT2D eigenvalue weighted by molar-refractivity contribution is -0.136. The summed E-state index contributed by atoms with van der Waals surface area (Å²) < 4.78 is 5.57. The van der Waals surface area contributed by atoms with E-state index in [-0.39, 0.29) is 231 Å². The fourth-order valence-corrected chi connectivity index (χ4v) is 14.6. The van der Waals surface area contributed by atoms with Crippen molar-refractivity contribution in [2.75, 3.05) is 84.4 Å². The molecular formula is C85H150N34O16S. The average Bonchev–Trinajstić information content (AvgIpc) is 0.849. The first kappa shape index (κ1) is 121. The summed E-state index contributed by atoms with van der Waals surface area (Å²) in [6, 6.07) is -0.440. The van der Waals surface area contributed by atoms with Gasteiger partial charge in [0.15, 0.2) is 99.9 Å². The second-order valence-electron chi connectivity index (χ2n) is 33.5. The minimum absolute atomic E-state index is 0.00538. The molecule has 0 heterocycles. The Kier molecular flexibility index (Phi) is 60.8. The maximum atomic E-state index is 15.3. The van der Waals surface area contributed by atoms with E-state index in [1.807, 2.05) is 0 Å². The lowest BCUT2D eigenvalue weighted by Crippen LogP contribution is -2.49. The zero-order chi connectivity index (χ0) is 102. The molecule has 0 fully saturated rings. The van der Waals surface area contributed by atoms with E-state index in [1.165, 1.54) is 6.92 Å². The first-order chi connectivity index (χ1) is 64.2. The number of hydrogen-bond donors (Lipinski definition) is 35. The standard InChI is InChI=1S/C85H150N34O16S/c1-48(2)71(129)114-45-58(121)39-52(14-4-28-105-77(87)88)72(130)115-60(19-9-33-110-82(97)98)66(124)41-53(15-5-29-106-78(89)90)73(131)116-61(20-10-34-111-83(99)100)67(125)42-54(16-6-30-107-79(91)92)74(132)117-62(21-11-35-112-84(101)102)68(126)43-55(17-7-31-108-80(93)94)75(133)118-63(22-12-36-113-85(103)104)69(127)44-56(18-8-32-109-81(95)96)76(134)119-64(47-136)65(123)23-13-37-135-46-59(122)40-57(70(86)128)38-50-24-26-51(27-25-50)49(3)120/h24-27,48,52-57,60-64,136H,4-23,28-47H2,1-3H3,(H2,86,128)(H,114,129)(H,115,130)(H,116,131)(H,117,132)(H,118,133)(H,119,134)(H4,87,88,105)(H4,89,90,106)(H4,91,92,107)(H4,93,94,108)(H4,95,96,109)(H4,97,98,110)(H4,99,100,111)(H4,101,102,112)(H4,103,104,113)/t52-,53-,54-,55-,56-,57+,60+,61+,62+,63+,64+/m0/s1. The van der Waals surface area contributed by atoms with Crippen LogP contribution < -0.4 is 137 Å². The molecule has 50 nitrogen and oxygen atoms in total. The van der Waals surface area contributed by atoms with Gasteiger partial charge in [0.1, 0.15) is 6.61 Å². The number of carbonyl (C=O) groups is 15. The lowest BCUT2D eigenvalue weighted by Gasteiger charge is -2.27. The molecule has 51 heteroatoms. The van der Waals surface area contributed by atoms with E-state index in [2.05, 4.69) is 92.4 Å². The van der Waals surface area contributed by atoms with Gasteiger partial charge >= 0.3 is 0 Å². The monoisotopic (exact) mass is 1940 g/mol. The van der Waals surface area contributed by atoms with E-state index in [4.69, 9.17) is 111 Å². The quantitative estimate of drug-likeness (QED) is 0.00957. The molecule has 136 heavy (non-hydrogen) atoms. The van der Waals surface area contributed by atoms with Crippen LogP contribution >= 0.6 is 12.6 Å². The molecule has 0 unspecified atom stereocenters. The minimum atomic E-state index is -1.50. The number of nitrogens with one attached hydrogen (secondary N) is 24. The predicted octanol–water partition coefficient (Wildman–Crippen LogP) is -4.77. The Morgan fingerprint density at radius 3 is 0.824 bits per heavy atom. The Labute approximate surface area is 798 Å². The van der Waals surface area contributed by atoms with Crippen LogP contribution in [0.3, 0.4) is 0 Å². The normalized spacial score (nSPS) is 13.3. The van der Waals surface area contributed by atoms with Crippen molar-refractivity contribution in [3.8, 4) is 0 Å². The van der Waals surface area contributed by atoms with Gasteiger partial charge in [-0.25, -0.2) is 0 Å². The first-order valence-corrected chi connectivity index (χ1v) is 46.1. The molecule has 7 amide bonds. The molecule has 0 aliphatic rings. The SMILES string of the molecule is CC(=O)c1ccc(C[C@H](CC(=O)COCCCC(=O)[C@@H](CS)NC(=O)[C@@H](CCCNC(=N)N)CC(=O)[C@@H](CCCNC(=N)N)NC(=O)[C@@H](CCCNC(=N)N)CC(=O)[C@@H](CCCNC(=N)N)NC(=O)[C@@H](CCCNC(=N)N)CC(=O)[C@@H](CCCNC(=N)N)NC(=O)[C@@H](CCCNC(=N)N)CC(=O)[C@@H](CCCNC(=N)N)NC(=O)[C@@H](CCCNC(=N)N)CC(=O)CNC(=O)C(C)C)C(N)=O)cc1. The van der Waals surface area contributed by atoms with Crippen molar-refractivity contribution in [3.63, 3.8) is 0 Å². The van der Waals surface area contributed by atoms with Crippen molar-refractivity contribution in [2.24, 2.45) is 98.8 Å². The number of carbonyl (C=O) groups excluding carboxylic acids is 15. The van der Waals surface area contributed by atoms with Crippen LogP contribution in [0.25, 0.3) is 0 Å². The lowest BCUT2D eigenvalue weighted by atomic mass is 9.88. The van der Waals surface area contributed by atoms with E-state index in [0.29, 0.717) is 11.1 Å². The number of nitrogens with two attached hydrogens (primary N) is 10. The number of rotatable bonds is 77. The van der Waals surface area contributed by atoms with Crippen LogP contribution in [0, 0.1) is 90.1 Å². The molecular weight excluding hydrogens is 1790 g/mol. The number of primary amides is 1. The van der Waals surface area contributed by atoms with Crippen LogP contribution in [0.4, 0.5) is 0 Å². The zero-order valence-corrected chi connectivity index (χ0v) is 79.2. The first-order valence-electron chi connectivity index (χ1n) is 45.5. The molecule has 762 valence electrons. The van der Waals surface area contributed by atoms with Gasteiger partial charge in [-0.05, 0) is 141 Å². The Hall–Kier alpha value is -13.4. The summed E-state index contributed by atoms with van der Waals surface area (Å²) in [6.07, 6.45) is -3.30. The van der Waals surface area contributed by atoms with E-state index < -0.39 is 240 Å². The molecule has 1 aromatic carbocycles. The van der Waals surface area contributed by atoms with E-state index in [9.17, 15) is 47.9 Å². The summed E-state index contributed by atoms with van der Waals surface area (Å²) in [5, 5.41) is 110. The highest BCUT2D eigenvalue weighted by Crippen LogP contribution is 2.25. The Bertz CT molecular complexity index is 4180. The molecule has 0 aliphatic heterocycles. The third-order valence-electron chi connectivity index (χ3n) is 21.7. The largest absolute Gasteiger partial charge is 0.374 e.